The first-order valence-corrected chi connectivity index (χ1v) is 8.67. The molecule has 0 spiro atoms. The molecule has 0 fully saturated rings. The number of benzene rings is 2. The molecular weight excluding hydrogens is 324 g/mol. The Balaban J connectivity index is 2.25. The van der Waals surface area contributed by atoms with E-state index in [1.54, 1.807) is 49.4 Å². The second kappa shape index (κ2) is 6.37. The first-order valence-electron chi connectivity index (χ1n) is 6.40. The first kappa shape index (κ1) is 16.3. The minimum atomic E-state index is -3.39. The number of aryl methyl sites for hydroxylation is 1. The molecule has 2 aromatic rings. The summed E-state index contributed by atoms with van der Waals surface area (Å²) in [7, 11) is -3.39. The highest BCUT2D eigenvalue weighted by atomic mass is 35.5. The normalized spacial score (nSPS) is 11.0. The Morgan fingerprint density at radius 2 is 1.82 bits per heavy atom. The van der Waals surface area contributed by atoms with Crippen LogP contribution in [0.4, 0.5) is 11.4 Å². The van der Waals surface area contributed by atoms with Gasteiger partial charge in [-0.25, -0.2) is 8.42 Å². The molecule has 0 bridgehead atoms. The lowest BCUT2D eigenvalue weighted by atomic mass is 10.1. The van der Waals surface area contributed by atoms with Gasteiger partial charge in [0.15, 0.2) is 0 Å². The van der Waals surface area contributed by atoms with Gasteiger partial charge in [0, 0.05) is 5.69 Å². The second-order valence-electron chi connectivity index (χ2n) is 4.84. The van der Waals surface area contributed by atoms with Crippen molar-refractivity contribution >= 4 is 38.9 Å². The van der Waals surface area contributed by atoms with Crippen LogP contribution in [0.5, 0.6) is 0 Å². The zero-order valence-electron chi connectivity index (χ0n) is 12.1. The maximum absolute atomic E-state index is 12.2. The standard InChI is InChI=1S/C15H15ClN2O3S/c1-10-7-8-11(9-14(10)18-22(2,20)21)17-15(19)12-5-3-4-6-13(12)16/h3-9,18H,1-2H3,(H,17,19). The molecule has 0 aromatic heterocycles. The van der Waals surface area contributed by atoms with Gasteiger partial charge in [0.25, 0.3) is 5.91 Å². The molecule has 2 N–H and O–H groups in total. The van der Waals surface area contributed by atoms with Gasteiger partial charge in [-0.05, 0) is 36.8 Å². The summed E-state index contributed by atoms with van der Waals surface area (Å²) in [4.78, 5) is 12.2. The fourth-order valence-corrected chi connectivity index (χ4v) is 2.69. The number of halogens is 1. The largest absolute Gasteiger partial charge is 0.322 e. The third-order valence-corrected chi connectivity index (χ3v) is 3.83. The Morgan fingerprint density at radius 3 is 2.45 bits per heavy atom. The molecule has 2 rings (SSSR count). The highest BCUT2D eigenvalue weighted by Crippen LogP contribution is 2.23. The van der Waals surface area contributed by atoms with Gasteiger partial charge in [-0.1, -0.05) is 29.8 Å². The Morgan fingerprint density at radius 1 is 1.14 bits per heavy atom. The number of sulfonamides is 1. The molecule has 0 saturated carbocycles. The van der Waals surface area contributed by atoms with Gasteiger partial charge in [0.1, 0.15) is 0 Å². The molecule has 0 radical (unpaired) electrons. The summed E-state index contributed by atoms with van der Waals surface area (Å²) in [6.45, 7) is 1.77. The molecule has 2 aromatic carbocycles. The monoisotopic (exact) mass is 338 g/mol. The van der Waals surface area contributed by atoms with E-state index < -0.39 is 10.0 Å². The van der Waals surface area contributed by atoms with Gasteiger partial charge in [-0.3, -0.25) is 9.52 Å². The molecule has 22 heavy (non-hydrogen) atoms. The quantitative estimate of drug-likeness (QED) is 0.898. The minimum Gasteiger partial charge on any atom is -0.322 e. The van der Waals surface area contributed by atoms with Gasteiger partial charge >= 0.3 is 0 Å². The van der Waals surface area contributed by atoms with Crippen molar-refractivity contribution in [2.24, 2.45) is 0 Å². The van der Waals surface area contributed by atoms with E-state index in [4.69, 9.17) is 11.6 Å². The fraction of sp³-hybridized carbons (Fsp3) is 0.133. The van der Waals surface area contributed by atoms with Crippen molar-refractivity contribution in [2.75, 3.05) is 16.3 Å². The summed E-state index contributed by atoms with van der Waals surface area (Å²) in [5, 5.41) is 3.04. The van der Waals surface area contributed by atoms with E-state index in [-0.39, 0.29) is 5.91 Å². The van der Waals surface area contributed by atoms with Crippen LogP contribution in [0.2, 0.25) is 5.02 Å². The molecule has 116 valence electrons. The smallest absolute Gasteiger partial charge is 0.257 e. The van der Waals surface area contributed by atoms with Crippen LogP contribution in [0.25, 0.3) is 0 Å². The molecular formula is C15H15ClN2O3S. The molecule has 0 atom stereocenters. The van der Waals surface area contributed by atoms with E-state index in [2.05, 4.69) is 10.0 Å². The van der Waals surface area contributed by atoms with Crippen molar-refractivity contribution in [2.45, 2.75) is 6.92 Å². The summed E-state index contributed by atoms with van der Waals surface area (Å²) in [5.41, 5.74) is 1.99. The number of carbonyl (C=O) groups excluding carboxylic acids is 1. The summed E-state index contributed by atoms with van der Waals surface area (Å²) >= 11 is 5.98. The Hall–Kier alpha value is -2.05. The van der Waals surface area contributed by atoms with E-state index in [1.807, 2.05) is 0 Å². The van der Waals surface area contributed by atoms with Gasteiger partial charge in [0.05, 0.1) is 22.5 Å². The lowest BCUT2D eigenvalue weighted by Gasteiger charge is -2.11. The summed E-state index contributed by atoms with van der Waals surface area (Å²) < 4.78 is 25.1. The summed E-state index contributed by atoms with van der Waals surface area (Å²) in [6.07, 6.45) is 1.07. The van der Waals surface area contributed by atoms with Crippen LogP contribution < -0.4 is 10.0 Å². The Labute approximate surface area is 134 Å². The van der Waals surface area contributed by atoms with Crippen molar-refractivity contribution in [3.63, 3.8) is 0 Å². The van der Waals surface area contributed by atoms with Gasteiger partial charge in [0.2, 0.25) is 10.0 Å². The van der Waals surface area contributed by atoms with E-state index in [0.717, 1.165) is 11.8 Å². The SMILES string of the molecule is Cc1ccc(NC(=O)c2ccccc2Cl)cc1NS(C)(=O)=O. The lowest BCUT2D eigenvalue weighted by molar-refractivity contribution is 0.102. The molecule has 0 aliphatic carbocycles. The highest BCUT2D eigenvalue weighted by Gasteiger charge is 2.11. The van der Waals surface area contributed by atoms with E-state index in [9.17, 15) is 13.2 Å². The average Bonchev–Trinajstić information content (AvgIpc) is 2.41. The van der Waals surface area contributed by atoms with Crippen LogP contribution in [0.1, 0.15) is 15.9 Å². The lowest BCUT2D eigenvalue weighted by Crippen LogP contribution is -2.14. The number of carbonyl (C=O) groups is 1. The topological polar surface area (TPSA) is 75.3 Å². The molecule has 5 nitrogen and oxygen atoms in total. The molecule has 1 amide bonds. The maximum atomic E-state index is 12.2. The predicted octanol–water partition coefficient (Wildman–Crippen LogP) is 3.27. The number of hydrogen-bond acceptors (Lipinski definition) is 3. The third-order valence-electron chi connectivity index (χ3n) is 2.91. The van der Waals surface area contributed by atoms with Crippen LogP contribution in [-0.4, -0.2) is 20.6 Å². The Kier molecular flexibility index (Phi) is 4.73. The zero-order chi connectivity index (χ0) is 16.3. The van der Waals surface area contributed by atoms with Crippen molar-refractivity contribution in [1.29, 1.82) is 0 Å². The molecule has 0 unspecified atom stereocenters. The predicted molar refractivity (Wildman–Crippen MR) is 89.1 cm³/mol. The van der Waals surface area contributed by atoms with Gasteiger partial charge in [-0.2, -0.15) is 0 Å². The van der Waals surface area contributed by atoms with Crippen molar-refractivity contribution in [3.8, 4) is 0 Å². The van der Waals surface area contributed by atoms with E-state index >= 15 is 0 Å². The summed E-state index contributed by atoms with van der Waals surface area (Å²) in [5.74, 6) is -0.361. The van der Waals surface area contributed by atoms with E-state index in [0.29, 0.717) is 22.0 Å². The molecule has 0 aliphatic heterocycles. The van der Waals surface area contributed by atoms with Crippen LogP contribution in [-0.2, 0) is 10.0 Å². The third kappa shape index (κ3) is 4.22. The molecule has 0 aliphatic rings. The summed E-state index contributed by atoms with van der Waals surface area (Å²) in [6, 6.07) is 11.7. The number of nitrogens with one attached hydrogen (secondary N) is 2. The maximum Gasteiger partial charge on any atom is 0.257 e. The van der Waals surface area contributed by atoms with E-state index in [1.165, 1.54) is 0 Å². The zero-order valence-corrected chi connectivity index (χ0v) is 13.6. The van der Waals surface area contributed by atoms with Gasteiger partial charge < -0.3 is 5.32 Å². The molecule has 0 saturated heterocycles. The first-order chi connectivity index (χ1) is 10.3. The Bertz CT molecular complexity index is 819. The highest BCUT2D eigenvalue weighted by molar-refractivity contribution is 7.92. The van der Waals surface area contributed by atoms with Crippen LogP contribution in [0.3, 0.4) is 0 Å². The van der Waals surface area contributed by atoms with Crippen molar-refractivity contribution in [1.82, 2.24) is 0 Å². The number of hydrogen-bond donors (Lipinski definition) is 2. The number of rotatable bonds is 4. The molecule has 0 heterocycles. The van der Waals surface area contributed by atoms with Crippen molar-refractivity contribution < 1.29 is 13.2 Å². The average molecular weight is 339 g/mol. The minimum absolute atomic E-state index is 0.349. The second-order valence-corrected chi connectivity index (χ2v) is 6.99. The van der Waals surface area contributed by atoms with Crippen LogP contribution >= 0.6 is 11.6 Å². The number of anilines is 2. The van der Waals surface area contributed by atoms with Crippen molar-refractivity contribution in [3.05, 3.63) is 58.6 Å². The van der Waals surface area contributed by atoms with Crippen LogP contribution in [0.15, 0.2) is 42.5 Å². The van der Waals surface area contributed by atoms with Gasteiger partial charge in [-0.15, -0.1) is 0 Å². The van der Waals surface area contributed by atoms with Crippen LogP contribution in [0, 0.1) is 6.92 Å². The molecule has 7 heteroatoms. The number of amides is 1. The fourth-order valence-electron chi connectivity index (χ4n) is 1.85.